The summed E-state index contributed by atoms with van der Waals surface area (Å²) in [7, 11) is 0. The van der Waals surface area contributed by atoms with Crippen LogP contribution in [0, 0.1) is 0 Å². The highest BCUT2D eigenvalue weighted by atomic mass is 32.1. The number of amides is 2. The summed E-state index contributed by atoms with van der Waals surface area (Å²) in [6.07, 6.45) is 2.06. The zero-order valence-electron chi connectivity index (χ0n) is 13.2. The second kappa shape index (κ2) is 6.18. The summed E-state index contributed by atoms with van der Waals surface area (Å²) in [6.45, 7) is 7.79. The molecule has 3 atom stereocenters. The Labute approximate surface area is 130 Å². The zero-order valence-corrected chi connectivity index (χ0v) is 14.0. The number of carbonyl (C=O) groups excluding carboxylic acids is 2. The van der Waals surface area contributed by atoms with Gasteiger partial charge in [0.05, 0.1) is 6.04 Å². The van der Waals surface area contributed by atoms with Crippen LogP contribution < -0.4 is 5.32 Å². The molecule has 2 amide bonds. The highest BCUT2D eigenvalue weighted by Crippen LogP contribution is 2.35. The Bertz CT molecular complexity index is 514. The zero-order chi connectivity index (χ0) is 15.6. The Balaban J connectivity index is 2.44. The minimum Gasteiger partial charge on any atom is -0.340 e. The predicted molar refractivity (Wildman–Crippen MR) is 85.1 cm³/mol. The molecule has 0 saturated carbocycles. The third kappa shape index (κ3) is 2.71. The number of piperazine rings is 1. The molecule has 0 radical (unpaired) electrons. The van der Waals surface area contributed by atoms with Gasteiger partial charge in [0.1, 0.15) is 11.6 Å². The van der Waals surface area contributed by atoms with Crippen molar-refractivity contribution in [2.45, 2.75) is 64.6 Å². The number of carbonyl (C=O) groups is 2. The van der Waals surface area contributed by atoms with Crippen LogP contribution in [0.5, 0.6) is 0 Å². The first kappa shape index (κ1) is 16.0. The van der Waals surface area contributed by atoms with Crippen LogP contribution in [0.1, 0.15) is 57.9 Å². The number of hydrogen-bond acceptors (Lipinski definition) is 3. The van der Waals surface area contributed by atoms with E-state index in [4.69, 9.17) is 0 Å². The normalized spacial score (nSPS) is 27.6. The Morgan fingerprint density at radius 2 is 2.10 bits per heavy atom. The standard InChI is InChI=1S/C16H24N2O2S/c1-5-11(13-9-8-10-21-13)18-12(6-2)14(19)17-16(4,7-3)15(18)20/h8-12H,5-7H2,1-4H3,(H,17,19). The average molecular weight is 308 g/mol. The number of rotatable bonds is 5. The first-order chi connectivity index (χ1) is 9.98. The van der Waals surface area contributed by atoms with Crippen molar-refractivity contribution < 1.29 is 9.59 Å². The molecule has 2 rings (SSSR count). The molecular weight excluding hydrogens is 284 g/mol. The van der Waals surface area contributed by atoms with Gasteiger partial charge in [0.25, 0.3) is 0 Å². The van der Waals surface area contributed by atoms with E-state index in [9.17, 15) is 9.59 Å². The van der Waals surface area contributed by atoms with Gasteiger partial charge < -0.3 is 10.2 Å². The lowest BCUT2D eigenvalue weighted by Crippen LogP contribution is -2.69. The molecule has 5 heteroatoms. The predicted octanol–water partition coefficient (Wildman–Crippen LogP) is 3.10. The summed E-state index contributed by atoms with van der Waals surface area (Å²) in [5, 5.41) is 4.94. The van der Waals surface area contributed by atoms with Gasteiger partial charge in [0, 0.05) is 4.88 Å². The third-order valence-electron chi connectivity index (χ3n) is 4.43. The van der Waals surface area contributed by atoms with Crippen molar-refractivity contribution in [3.8, 4) is 0 Å². The molecule has 1 aromatic rings. The topological polar surface area (TPSA) is 49.4 Å². The summed E-state index contributed by atoms with van der Waals surface area (Å²) >= 11 is 1.65. The lowest BCUT2D eigenvalue weighted by Gasteiger charge is -2.47. The maximum atomic E-state index is 13.0. The molecule has 116 valence electrons. The van der Waals surface area contributed by atoms with Gasteiger partial charge in [-0.3, -0.25) is 9.59 Å². The van der Waals surface area contributed by atoms with Crippen molar-refractivity contribution in [1.82, 2.24) is 10.2 Å². The number of thiophene rings is 1. The summed E-state index contributed by atoms with van der Waals surface area (Å²) in [6, 6.07) is 3.66. The van der Waals surface area contributed by atoms with Gasteiger partial charge in [-0.15, -0.1) is 11.3 Å². The van der Waals surface area contributed by atoms with Crippen LogP contribution in [0.25, 0.3) is 0 Å². The van der Waals surface area contributed by atoms with Crippen LogP contribution in [-0.4, -0.2) is 28.3 Å². The van der Waals surface area contributed by atoms with Gasteiger partial charge >= 0.3 is 0 Å². The molecule has 1 fully saturated rings. The van der Waals surface area contributed by atoms with Gasteiger partial charge in [-0.05, 0) is 37.6 Å². The largest absolute Gasteiger partial charge is 0.340 e. The number of nitrogens with one attached hydrogen (secondary N) is 1. The van der Waals surface area contributed by atoms with Crippen LogP contribution in [0.15, 0.2) is 17.5 Å². The first-order valence-corrected chi connectivity index (χ1v) is 8.54. The molecule has 1 aromatic heterocycles. The van der Waals surface area contributed by atoms with Crippen LogP contribution in [-0.2, 0) is 9.59 Å². The average Bonchev–Trinajstić information content (AvgIpc) is 2.99. The lowest BCUT2D eigenvalue weighted by molar-refractivity contribution is -0.157. The molecule has 21 heavy (non-hydrogen) atoms. The molecule has 3 unspecified atom stereocenters. The Morgan fingerprint density at radius 3 is 2.57 bits per heavy atom. The monoisotopic (exact) mass is 308 g/mol. The van der Waals surface area contributed by atoms with Gasteiger partial charge in [-0.1, -0.05) is 26.8 Å². The third-order valence-corrected chi connectivity index (χ3v) is 5.41. The second-order valence-corrected chi connectivity index (χ2v) is 6.73. The fourth-order valence-electron chi connectivity index (χ4n) is 2.96. The minimum atomic E-state index is -0.784. The molecule has 0 aliphatic carbocycles. The summed E-state index contributed by atoms with van der Waals surface area (Å²) < 4.78 is 0. The highest BCUT2D eigenvalue weighted by Gasteiger charge is 2.48. The molecule has 0 aromatic carbocycles. The van der Waals surface area contributed by atoms with Crippen molar-refractivity contribution in [3.05, 3.63) is 22.4 Å². The van der Waals surface area contributed by atoms with Gasteiger partial charge in [0.15, 0.2) is 0 Å². The highest BCUT2D eigenvalue weighted by molar-refractivity contribution is 7.10. The maximum absolute atomic E-state index is 13.0. The number of nitrogens with zero attached hydrogens (tertiary/aromatic N) is 1. The Morgan fingerprint density at radius 1 is 1.38 bits per heavy atom. The van der Waals surface area contributed by atoms with E-state index in [-0.39, 0.29) is 23.9 Å². The van der Waals surface area contributed by atoms with E-state index in [2.05, 4.69) is 18.3 Å². The molecule has 1 aliphatic rings. The molecule has 0 spiro atoms. The molecule has 4 nitrogen and oxygen atoms in total. The fraction of sp³-hybridized carbons (Fsp3) is 0.625. The van der Waals surface area contributed by atoms with Gasteiger partial charge in [0.2, 0.25) is 11.8 Å². The summed E-state index contributed by atoms with van der Waals surface area (Å²) in [5.41, 5.74) is -0.784. The van der Waals surface area contributed by atoms with Crippen LogP contribution >= 0.6 is 11.3 Å². The van der Waals surface area contributed by atoms with Crippen molar-refractivity contribution in [2.75, 3.05) is 0 Å². The second-order valence-electron chi connectivity index (χ2n) is 5.75. The maximum Gasteiger partial charge on any atom is 0.249 e. The molecule has 0 bridgehead atoms. The molecular formula is C16H24N2O2S. The van der Waals surface area contributed by atoms with E-state index in [0.717, 1.165) is 11.3 Å². The smallest absolute Gasteiger partial charge is 0.249 e. The van der Waals surface area contributed by atoms with E-state index in [1.165, 1.54) is 0 Å². The van der Waals surface area contributed by atoms with E-state index in [1.807, 2.05) is 37.1 Å². The van der Waals surface area contributed by atoms with E-state index in [1.54, 1.807) is 11.3 Å². The summed E-state index contributed by atoms with van der Waals surface area (Å²) in [5.74, 6) is 0.00755. The molecule has 1 aliphatic heterocycles. The van der Waals surface area contributed by atoms with E-state index in [0.29, 0.717) is 12.8 Å². The van der Waals surface area contributed by atoms with Crippen LogP contribution in [0.3, 0.4) is 0 Å². The number of hydrogen-bond donors (Lipinski definition) is 1. The Hall–Kier alpha value is -1.36. The fourth-order valence-corrected chi connectivity index (χ4v) is 3.87. The van der Waals surface area contributed by atoms with E-state index >= 15 is 0 Å². The van der Waals surface area contributed by atoms with E-state index < -0.39 is 5.54 Å². The lowest BCUT2D eigenvalue weighted by atomic mass is 9.89. The SMILES string of the molecule is CCC1C(=O)NC(C)(CC)C(=O)N1C(CC)c1cccs1. The van der Waals surface area contributed by atoms with Gasteiger partial charge in [-0.2, -0.15) is 0 Å². The molecule has 1 saturated heterocycles. The van der Waals surface area contributed by atoms with Crippen molar-refractivity contribution >= 4 is 23.2 Å². The van der Waals surface area contributed by atoms with Crippen LogP contribution in [0.2, 0.25) is 0 Å². The first-order valence-electron chi connectivity index (χ1n) is 7.66. The Kier molecular flexibility index (Phi) is 4.71. The summed E-state index contributed by atoms with van der Waals surface area (Å²) in [4.78, 5) is 28.4. The minimum absolute atomic E-state index is 0.0145. The van der Waals surface area contributed by atoms with Crippen molar-refractivity contribution in [3.63, 3.8) is 0 Å². The van der Waals surface area contributed by atoms with Crippen molar-refractivity contribution in [2.24, 2.45) is 0 Å². The van der Waals surface area contributed by atoms with Crippen LogP contribution in [0.4, 0.5) is 0 Å². The van der Waals surface area contributed by atoms with Gasteiger partial charge in [-0.25, -0.2) is 0 Å². The molecule has 1 N–H and O–H groups in total. The van der Waals surface area contributed by atoms with Crippen molar-refractivity contribution in [1.29, 1.82) is 0 Å². The molecule has 2 heterocycles. The quantitative estimate of drug-likeness (QED) is 0.908.